The number of fused-ring (bicyclic) bond motifs is 3. The predicted molar refractivity (Wildman–Crippen MR) is 156 cm³/mol. The molecule has 10 nitrogen and oxygen atoms in total. The maximum atomic E-state index is 13.9. The molecule has 13 heteroatoms. The van der Waals surface area contributed by atoms with Crippen LogP contribution >= 0.6 is 0 Å². The molecule has 1 aromatic heterocycles. The van der Waals surface area contributed by atoms with Crippen molar-refractivity contribution in [3.05, 3.63) is 53.7 Å². The van der Waals surface area contributed by atoms with E-state index in [9.17, 15) is 23.2 Å². The van der Waals surface area contributed by atoms with Crippen molar-refractivity contribution in [2.45, 2.75) is 56.6 Å². The lowest BCUT2D eigenvalue weighted by molar-refractivity contribution is -0.137. The number of benzene rings is 1. The van der Waals surface area contributed by atoms with Gasteiger partial charge in [0.1, 0.15) is 5.82 Å². The van der Waals surface area contributed by atoms with E-state index in [-0.39, 0.29) is 36.6 Å². The van der Waals surface area contributed by atoms with Gasteiger partial charge in [-0.3, -0.25) is 9.69 Å². The second-order valence-electron chi connectivity index (χ2n) is 11.7. The van der Waals surface area contributed by atoms with E-state index >= 15 is 0 Å². The standard InChI is InChI=1S/C31H36F3N7O3/c1-2-28(42)41-14-13-40(17-21(41)8-10-35)29-24-9-12-39(27-7-4-3-6-25(27)31(32,33)34)19-26(24)36-30(37-29)43-15-5-11-38-18-23-16-22(38)20-44-23/h2-4,6-7,21-23H,1,5,8-9,11-20H2/t21?,22-,23?/m1/s1. The Morgan fingerprint density at radius 2 is 2.02 bits per heavy atom. The van der Waals surface area contributed by atoms with Gasteiger partial charge in [-0.1, -0.05) is 18.7 Å². The maximum Gasteiger partial charge on any atom is 0.418 e. The Balaban J connectivity index is 1.25. The van der Waals surface area contributed by atoms with Gasteiger partial charge < -0.3 is 24.2 Å². The van der Waals surface area contributed by atoms with Gasteiger partial charge >= 0.3 is 12.2 Å². The van der Waals surface area contributed by atoms with Crippen molar-refractivity contribution in [1.82, 2.24) is 19.8 Å². The van der Waals surface area contributed by atoms with E-state index in [0.717, 1.165) is 44.2 Å². The Hall–Kier alpha value is -3.89. The van der Waals surface area contributed by atoms with Gasteiger partial charge in [0.2, 0.25) is 5.91 Å². The summed E-state index contributed by atoms with van der Waals surface area (Å²) in [7, 11) is 0. The minimum absolute atomic E-state index is 0.114. The van der Waals surface area contributed by atoms with Crippen LogP contribution in [0.1, 0.15) is 36.1 Å². The van der Waals surface area contributed by atoms with Crippen LogP contribution in [0.2, 0.25) is 0 Å². The fourth-order valence-corrected chi connectivity index (χ4v) is 6.83. The first-order chi connectivity index (χ1) is 21.2. The first-order valence-electron chi connectivity index (χ1n) is 15.1. The lowest BCUT2D eigenvalue weighted by atomic mass is 10.0. The molecule has 3 atom stereocenters. The smallest absolute Gasteiger partial charge is 0.418 e. The molecule has 3 saturated heterocycles. The second kappa shape index (κ2) is 12.6. The van der Waals surface area contributed by atoms with Crippen molar-refractivity contribution in [3.63, 3.8) is 0 Å². The number of carbonyl (C=O) groups excluding carboxylic acids is 1. The van der Waals surface area contributed by atoms with E-state index < -0.39 is 11.7 Å². The van der Waals surface area contributed by atoms with Crippen LogP contribution in [0.4, 0.5) is 24.7 Å². The molecule has 2 bridgehead atoms. The van der Waals surface area contributed by atoms with Crippen molar-refractivity contribution in [1.29, 1.82) is 5.26 Å². The summed E-state index contributed by atoms with van der Waals surface area (Å²) in [6.45, 7) is 8.34. The van der Waals surface area contributed by atoms with E-state index in [1.165, 1.54) is 18.2 Å². The average Bonchev–Trinajstić information content (AvgIpc) is 3.66. The molecule has 44 heavy (non-hydrogen) atoms. The van der Waals surface area contributed by atoms with Gasteiger partial charge in [-0.05, 0) is 37.5 Å². The molecule has 0 aliphatic carbocycles. The topological polar surface area (TPSA) is 98.1 Å². The van der Waals surface area contributed by atoms with Crippen molar-refractivity contribution >= 4 is 17.4 Å². The van der Waals surface area contributed by atoms with Gasteiger partial charge in [-0.2, -0.15) is 28.4 Å². The number of para-hydroxylation sites is 1. The minimum Gasteiger partial charge on any atom is -0.463 e. The fourth-order valence-electron chi connectivity index (χ4n) is 6.83. The normalized spacial score (nSPS) is 23.4. The molecule has 0 N–H and O–H groups in total. The predicted octanol–water partition coefficient (Wildman–Crippen LogP) is 3.42. The first kappa shape index (κ1) is 30.1. The molecule has 6 rings (SSSR count). The van der Waals surface area contributed by atoms with E-state index in [4.69, 9.17) is 19.4 Å². The molecule has 234 valence electrons. The summed E-state index contributed by atoms with van der Waals surface area (Å²) in [6, 6.07) is 8.06. The highest BCUT2D eigenvalue weighted by Crippen LogP contribution is 2.39. The van der Waals surface area contributed by atoms with E-state index in [1.807, 2.05) is 4.90 Å². The Kier molecular flexibility index (Phi) is 8.64. The van der Waals surface area contributed by atoms with Crippen LogP contribution in [0.15, 0.2) is 36.9 Å². The van der Waals surface area contributed by atoms with Gasteiger partial charge in [-0.15, -0.1) is 0 Å². The zero-order valence-electron chi connectivity index (χ0n) is 24.5. The van der Waals surface area contributed by atoms with Crippen molar-refractivity contribution in [2.24, 2.45) is 0 Å². The number of alkyl halides is 3. The number of piperazine rings is 1. The molecule has 2 unspecified atom stereocenters. The molecule has 4 aliphatic heterocycles. The molecule has 0 radical (unpaired) electrons. The number of hydrogen-bond donors (Lipinski definition) is 0. The summed E-state index contributed by atoms with van der Waals surface area (Å²) in [4.78, 5) is 29.8. The van der Waals surface area contributed by atoms with Gasteiger partial charge in [-0.25, -0.2) is 0 Å². The van der Waals surface area contributed by atoms with Crippen LogP contribution in [-0.2, 0) is 28.7 Å². The second-order valence-corrected chi connectivity index (χ2v) is 11.7. The summed E-state index contributed by atoms with van der Waals surface area (Å²) in [5, 5.41) is 9.46. The van der Waals surface area contributed by atoms with Crippen LogP contribution < -0.4 is 14.5 Å². The van der Waals surface area contributed by atoms with Crippen LogP contribution in [0, 0.1) is 11.3 Å². The number of likely N-dealkylation sites (tertiary alicyclic amines) is 1. The number of nitrogens with zero attached hydrogens (tertiary/aromatic N) is 7. The number of morpholine rings is 1. The number of nitriles is 1. The minimum atomic E-state index is -4.48. The third-order valence-corrected chi connectivity index (χ3v) is 8.97. The van der Waals surface area contributed by atoms with Gasteiger partial charge in [0.05, 0.1) is 55.7 Å². The molecule has 0 saturated carbocycles. The summed E-state index contributed by atoms with van der Waals surface area (Å²) in [5.41, 5.74) is 0.898. The monoisotopic (exact) mass is 611 g/mol. The quantitative estimate of drug-likeness (QED) is 0.312. The van der Waals surface area contributed by atoms with Crippen LogP contribution in [-0.4, -0.2) is 96.3 Å². The Bertz CT molecular complexity index is 1430. The molecule has 4 aliphatic rings. The number of anilines is 2. The Morgan fingerprint density at radius 3 is 2.75 bits per heavy atom. The van der Waals surface area contributed by atoms with E-state index in [0.29, 0.717) is 62.9 Å². The highest BCUT2D eigenvalue weighted by Gasteiger charge is 2.39. The molecular formula is C31H36F3N7O3. The largest absolute Gasteiger partial charge is 0.463 e. The molecule has 5 heterocycles. The highest BCUT2D eigenvalue weighted by atomic mass is 19.4. The number of aromatic nitrogens is 2. The number of carbonyl (C=O) groups is 1. The number of amides is 1. The number of halogens is 3. The van der Waals surface area contributed by atoms with Crippen molar-refractivity contribution < 1.29 is 27.4 Å². The van der Waals surface area contributed by atoms with Gasteiger partial charge in [0.15, 0.2) is 0 Å². The molecule has 3 fully saturated rings. The van der Waals surface area contributed by atoms with E-state index in [2.05, 4.69) is 17.5 Å². The zero-order valence-corrected chi connectivity index (χ0v) is 24.5. The molecule has 1 aromatic carbocycles. The lowest BCUT2D eigenvalue weighted by Crippen LogP contribution is -2.55. The Labute approximate surface area is 254 Å². The fraction of sp³-hybridized carbons (Fsp3) is 0.548. The van der Waals surface area contributed by atoms with E-state index in [1.54, 1.807) is 15.9 Å². The average molecular weight is 612 g/mol. The Morgan fingerprint density at radius 1 is 1.18 bits per heavy atom. The maximum absolute atomic E-state index is 13.9. The molecule has 1 amide bonds. The summed E-state index contributed by atoms with van der Waals surface area (Å²) >= 11 is 0. The highest BCUT2D eigenvalue weighted by molar-refractivity contribution is 5.87. The third-order valence-electron chi connectivity index (χ3n) is 8.97. The molecule has 0 spiro atoms. The zero-order chi connectivity index (χ0) is 30.8. The van der Waals surface area contributed by atoms with Crippen LogP contribution in [0.25, 0.3) is 0 Å². The van der Waals surface area contributed by atoms with Gasteiger partial charge in [0.25, 0.3) is 0 Å². The van der Waals surface area contributed by atoms with Crippen LogP contribution in [0.5, 0.6) is 6.01 Å². The number of rotatable bonds is 9. The van der Waals surface area contributed by atoms with Crippen molar-refractivity contribution in [2.75, 3.05) is 62.3 Å². The lowest BCUT2D eigenvalue weighted by Gasteiger charge is -2.42. The third kappa shape index (κ3) is 6.19. The molecule has 2 aromatic rings. The summed E-state index contributed by atoms with van der Waals surface area (Å²) < 4.78 is 53.4. The molecular weight excluding hydrogens is 575 g/mol. The first-order valence-corrected chi connectivity index (χ1v) is 15.1. The number of ether oxygens (including phenoxy) is 2. The van der Waals surface area contributed by atoms with Crippen LogP contribution in [0.3, 0.4) is 0 Å². The number of hydrogen-bond acceptors (Lipinski definition) is 9. The summed E-state index contributed by atoms with van der Waals surface area (Å²) in [5.74, 6) is 0.423. The summed E-state index contributed by atoms with van der Waals surface area (Å²) in [6.07, 6.45) is -0.469. The van der Waals surface area contributed by atoms with Gasteiger partial charge in [0, 0.05) is 56.6 Å². The van der Waals surface area contributed by atoms with Crippen molar-refractivity contribution in [3.8, 4) is 12.1 Å². The SMILES string of the molecule is C=CC(=O)N1CCN(c2nc(OCCCN3CC4C[C@@H]3CO4)nc3c2CCN(c2ccccc2C(F)(F)F)C3)CC1CC#N.